The van der Waals surface area contributed by atoms with Crippen LogP contribution in [0.15, 0.2) is 151 Å². The van der Waals surface area contributed by atoms with Gasteiger partial charge in [-0.05, 0) is 75.7 Å². The Kier molecular flexibility index (Phi) is 8.30. The van der Waals surface area contributed by atoms with E-state index >= 15 is 0 Å². The zero-order valence-corrected chi connectivity index (χ0v) is 25.5. The number of anilines is 3. The third-order valence-electron chi connectivity index (χ3n) is 8.14. The first-order valence-corrected chi connectivity index (χ1v) is 15.2. The maximum Gasteiger partial charge on any atom is 0.170 e. The Morgan fingerprint density at radius 2 is 0.956 bits per heavy atom. The lowest BCUT2D eigenvalue weighted by Gasteiger charge is -2.28. The molecule has 45 heavy (non-hydrogen) atoms. The van der Waals surface area contributed by atoms with Gasteiger partial charge in [0.1, 0.15) is 11.3 Å². The topological polar surface area (TPSA) is 57.6 Å². The number of Topliss-reactive ketones (excluding diaryl/α,β-unsaturated/α-hetero) is 2. The number of aliphatic hydroxyl groups is 1. The van der Waals surface area contributed by atoms with Crippen molar-refractivity contribution in [3.63, 3.8) is 0 Å². The van der Waals surface area contributed by atoms with Gasteiger partial charge in [-0.3, -0.25) is 9.59 Å². The van der Waals surface area contributed by atoms with Crippen LogP contribution in [-0.2, 0) is 9.59 Å². The molecular weight excluding hydrogens is 554 g/mol. The maximum absolute atomic E-state index is 12.6. The molecule has 0 bridgehead atoms. The lowest BCUT2D eigenvalue weighted by Crippen LogP contribution is -2.32. The van der Waals surface area contributed by atoms with Crippen molar-refractivity contribution in [1.82, 2.24) is 0 Å². The largest absolute Gasteiger partial charge is 0.507 e. The fraction of sp³-hybridized carbons (Fsp3) is 0.122. The van der Waals surface area contributed by atoms with Crippen molar-refractivity contribution in [2.75, 3.05) is 4.90 Å². The van der Waals surface area contributed by atoms with Gasteiger partial charge in [0.15, 0.2) is 11.6 Å². The Morgan fingerprint density at radius 3 is 1.38 bits per heavy atom. The van der Waals surface area contributed by atoms with Gasteiger partial charge in [-0.25, -0.2) is 0 Å². The Hall–Kier alpha value is -5.48. The summed E-state index contributed by atoms with van der Waals surface area (Å²) in [6.45, 7) is 3.79. The molecule has 0 atom stereocenters. The molecule has 0 aliphatic heterocycles. The van der Waals surface area contributed by atoms with Crippen molar-refractivity contribution >= 4 is 34.7 Å². The molecule has 4 nitrogen and oxygen atoms in total. The molecule has 0 heterocycles. The van der Waals surface area contributed by atoms with E-state index < -0.39 is 0 Å². The van der Waals surface area contributed by atoms with Gasteiger partial charge in [0, 0.05) is 29.9 Å². The standard InChI is InChI=1S/C41H35NO3/c1-41(2)27-38(44)40(39(45)28-41)37(43)26-15-29-13-20-34(21-14-29)42(35-22-16-32(17-23-35)30-9-5-3-6-10-30)36-24-18-33(19-25-36)31-11-7-4-8-12-31/h3-26,43H,27-28H2,1-2H3/b26-15+. The second-order valence-electron chi connectivity index (χ2n) is 12.2. The average molecular weight is 590 g/mol. The SMILES string of the molecule is CC1(C)CC(=O)C(=C(O)/C=C/c2ccc(N(c3ccc(-c4ccccc4)cc3)c3ccc(-c4ccccc4)cc3)cc2)C(=O)C1. The minimum Gasteiger partial charge on any atom is -0.507 e. The molecule has 1 fully saturated rings. The third kappa shape index (κ3) is 6.71. The number of aliphatic hydroxyl groups excluding tert-OH is 1. The van der Waals surface area contributed by atoms with Gasteiger partial charge in [0.25, 0.3) is 0 Å². The molecule has 0 unspecified atom stereocenters. The van der Waals surface area contributed by atoms with Crippen LogP contribution in [-0.4, -0.2) is 16.7 Å². The van der Waals surface area contributed by atoms with E-state index in [9.17, 15) is 14.7 Å². The number of rotatable bonds is 7. The average Bonchev–Trinajstić information content (AvgIpc) is 3.05. The first-order chi connectivity index (χ1) is 21.8. The second kappa shape index (κ2) is 12.6. The summed E-state index contributed by atoms with van der Waals surface area (Å²) in [7, 11) is 0. The molecule has 0 aromatic heterocycles. The van der Waals surface area contributed by atoms with Gasteiger partial charge in [-0.15, -0.1) is 0 Å². The highest BCUT2D eigenvalue weighted by Gasteiger charge is 2.37. The van der Waals surface area contributed by atoms with Crippen LogP contribution >= 0.6 is 0 Å². The van der Waals surface area contributed by atoms with Crippen LogP contribution in [0.5, 0.6) is 0 Å². The molecule has 0 amide bonds. The van der Waals surface area contributed by atoms with E-state index in [1.165, 1.54) is 6.08 Å². The van der Waals surface area contributed by atoms with Crippen LogP contribution in [0.4, 0.5) is 17.1 Å². The predicted octanol–water partition coefficient (Wildman–Crippen LogP) is 10.3. The van der Waals surface area contributed by atoms with Gasteiger partial charge < -0.3 is 10.0 Å². The van der Waals surface area contributed by atoms with Gasteiger partial charge >= 0.3 is 0 Å². The number of carbonyl (C=O) groups is 2. The van der Waals surface area contributed by atoms with E-state index in [1.807, 2.05) is 74.5 Å². The van der Waals surface area contributed by atoms with Crippen LogP contribution in [0.1, 0.15) is 32.3 Å². The van der Waals surface area contributed by atoms with Crippen molar-refractivity contribution in [1.29, 1.82) is 0 Å². The lowest BCUT2D eigenvalue weighted by molar-refractivity contribution is -0.127. The first kappa shape index (κ1) is 29.6. The third-order valence-corrected chi connectivity index (χ3v) is 8.14. The first-order valence-electron chi connectivity index (χ1n) is 15.2. The van der Waals surface area contributed by atoms with E-state index in [0.717, 1.165) is 44.9 Å². The van der Waals surface area contributed by atoms with E-state index in [1.54, 1.807) is 6.08 Å². The Labute approximate surface area is 264 Å². The van der Waals surface area contributed by atoms with Crippen molar-refractivity contribution in [3.05, 3.63) is 156 Å². The minimum absolute atomic E-state index is 0.0914. The molecule has 5 aromatic carbocycles. The normalized spacial score (nSPS) is 14.5. The molecule has 4 heteroatoms. The second-order valence-corrected chi connectivity index (χ2v) is 12.2. The summed E-state index contributed by atoms with van der Waals surface area (Å²) in [5.41, 5.74) is 7.98. The number of benzene rings is 5. The van der Waals surface area contributed by atoms with Gasteiger partial charge in [-0.1, -0.05) is 117 Å². The number of hydrogen-bond acceptors (Lipinski definition) is 4. The van der Waals surface area contributed by atoms with Crippen LogP contribution in [0.2, 0.25) is 0 Å². The predicted molar refractivity (Wildman–Crippen MR) is 184 cm³/mol. The molecule has 1 aliphatic rings. The lowest BCUT2D eigenvalue weighted by atomic mass is 9.74. The van der Waals surface area contributed by atoms with Crippen molar-refractivity contribution < 1.29 is 14.7 Å². The van der Waals surface area contributed by atoms with Gasteiger partial charge in [-0.2, -0.15) is 0 Å². The molecule has 0 radical (unpaired) electrons. The number of nitrogens with zero attached hydrogens (tertiary/aromatic N) is 1. The quantitative estimate of drug-likeness (QED) is 0.117. The maximum atomic E-state index is 12.6. The molecule has 1 saturated carbocycles. The molecule has 0 spiro atoms. The summed E-state index contributed by atoms with van der Waals surface area (Å²) >= 11 is 0. The zero-order chi connectivity index (χ0) is 31.4. The van der Waals surface area contributed by atoms with Gasteiger partial charge in [0.2, 0.25) is 0 Å². The summed E-state index contributed by atoms with van der Waals surface area (Å²) in [5.74, 6) is -0.884. The summed E-state index contributed by atoms with van der Waals surface area (Å²) in [4.78, 5) is 27.4. The summed E-state index contributed by atoms with van der Waals surface area (Å²) < 4.78 is 0. The Balaban J connectivity index is 1.31. The number of allylic oxidation sites excluding steroid dienone is 2. The van der Waals surface area contributed by atoms with Crippen LogP contribution in [0, 0.1) is 5.41 Å². The van der Waals surface area contributed by atoms with Crippen LogP contribution in [0.25, 0.3) is 28.3 Å². The van der Waals surface area contributed by atoms with Gasteiger partial charge in [0.05, 0.1) is 0 Å². The van der Waals surface area contributed by atoms with Crippen molar-refractivity contribution in [2.45, 2.75) is 26.7 Å². The summed E-state index contributed by atoms with van der Waals surface area (Å²) in [6.07, 6.45) is 3.66. The van der Waals surface area contributed by atoms with Crippen molar-refractivity contribution in [3.8, 4) is 22.3 Å². The van der Waals surface area contributed by atoms with E-state index in [2.05, 4.69) is 77.7 Å². The molecule has 1 aliphatic carbocycles. The number of hydrogen-bond donors (Lipinski definition) is 1. The van der Waals surface area contributed by atoms with E-state index in [-0.39, 0.29) is 41.2 Å². The molecule has 222 valence electrons. The monoisotopic (exact) mass is 589 g/mol. The fourth-order valence-electron chi connectivity index (χ4n) is 5.86. The minimum atomic E-state index is -0.382. The van der Waals surface area contributed by atoms with E-state index in [0.29, 0.717) is 0 Å². The molecule has 1 N–H and O–H groups in total. The number of ketones is 2. The highest BCUT2D eigenvalue weighted by atomic mass is 16.3. The number of carbonyl (C=O) groups excluding carboxylic acids is 2. The Morgan fingerprint density at radius 1 is 0.578 bits per heavy atom. The molecule has 0 saturated heterocycles. The van der Waals surface area contributed by atoms with Crippen molar-refractivity contribution in [2.24, 2.45) is 5.41 Å². The van der Waals surface area contributed by atoms with E-state index in [4.69, 9.17) is 0 Å². The Bertz CT molecular complexity index is 1760. The molecule has 5 aromatic rings. The summed E-state index contributed by atoms with van der Waals surface area (Å²) in [5, 5.41) is 10.6. The molecular formula is C41H35NO3. The van der Waals surface area contributed by atoms with Crippen LogP contribution < -0.4 is 4.90 Å². The highest BCUT2D eigenvalue weighted by molar-refractivity contribution is 6.22. The van der Waals surface area contributed by atoms with Crippen LogP contribution in [0.3, 0.4) is 0 Å². The molecule has 6 rings (SSSR count). The fourth-order valence-corrected chi connectivity index (χ4v) is 5.86. The summed E-state index contributed by atoms with van der Waals surface area (Å²) in [6, 6.07) is 45.7. The smallest absolute Gasteiger partial charge is 0.170 e. The highest BCUT2D eigenvalue weighted by Crippen LogP contribution is 2.37. The zero-order valence-electron chi connectivity index (χ0n) is 25.5.